The third-order valence-electron chi connectivity index (χ3n) is 1.64. The Morgan fingerprint density at radius 3 is 2.50 bits per heavy atom. The number of nitrogens with zero attached hydrogens (tertiary/aromatic N) is 1. The number of hydrogen-bond acceptors (Lipinski definition) is 3. The van der Waals surface area contributed by atoms with Gasteiger partial charge in [-0.2, -0.15) is 0 Å². The van der Waals surface area contributed by atoms with Gasteiger partial charge >= 0.3 is 0 Å². The summed E-state index contributed by atoms with van der Waals surface area (Å²) < 4.78 is 23.1. The standard InChI is InChI=1S/C7H7Cl2NO3S/c1-2-10-4-5(14(9,12)13)3-6(8)7(10)11/h3-4H,2H2,1H3. The van der Waals surface area contributed by atoms with E-state index in [4.69, 9.17) is 22.3 Å². The third-order valence-corrected chi connectivity index (χ3v) is 3.23. The van der Waals surface area contributed by atoms with E-state index in [0.717, 1.165) is 12.3 Å². The number of halogens is 2. The molecule has 1 heterocycles. The Bertz CT molecular complexity index is 506. The molecule has 0 aliphatic heterocycles. The van der Waals surface area contributed by atoms with Crippen LogP contribution >= 0.6 is 22.3 Å². The van der Waals surface area contributed by atoms with E-state index in [9.17, 15) is 13.2 Å². The third kappa shape index (κ3) is 2.29. The van der Waals surface area contributed by atoms with Gasteiger partial charge in [0, 0.05) is 23.4 Å². The molecular weight excluding hydrogens is 249 g/mol. The topological polar surface area (TPSA) is 56.1 Å². The largest absolute Gasteiger partial charge is 0.313 e. The summed E-state index contributed by atoms with van der Waals surface area (Å²) in [6, 6.07) is 1.04. The molecule has 0 saturated heterocycles. The normalized spacial score (nSPS) is 11.6. The molecule has 14 heavy (non-hydrogen) atoms. The summed E-state index contributed by atoms with van der Waals surface area (Å²) >= 11 is 5.55. The second kappa shape index (κ2) is 3.92. The van der Waals surface area contributed by atoms with Gasteiger partial charge < -0.3 is 4.57 Å². The average molecular weight is 256 g/mol. The van der Waals surface area contributed by atoms with Crippen LogP contribution in [0.3, 0.4) is 0 Å². The lowest BCUT2D eigenvalue weighted by Crippen LogP contribution is -2.19. The maximum atomic E-state index is 11.3. The van der Waals surface area contributed by atoms with Crippen molar-refractivity contribution in [2.75, 3.05) is 0 Å². The number of aromatic nitrogens is 1. The van der Waals surface area contributed by atoms with Crippen molar-refractivity contribution in [3.63, 3.8) is 0 Å². The zero-order valence-corrected chi connectivity index (χ0v) is 9.53. The smallest absolute Gasteiger partial charge is 0.269 e. The van der Waals surface area contributed by atoms with Crippen LogP contribution in [-0.2, 0) is 15.6 Å². The molecule has 0 atom stereocenters. The van der Waals surface area contributed by atoms with Gasteiger partial charge in [0.2, 0.25) is 0 Å². The van der Waals surface area contributed by atoms with Gasteiger partial charge in [-0.15, -0.1) is 0 Å². The first-order valence-corrected chi connectivity index (χ1v) is 6.39. The molecule has 0 amide bonds. The summed E-state index contributed by atoms with van der Waals surface area (Å²) in [5.41, 5.74) is -0.432. The maximum absolute atomic E-state index is 11.3. The van der Waals surface area contributed by atoms with E-state index in [1.807, 2.05) is 0 Å². The van der Waals surface area contributed by atoms with Crippen molar-refractivity contribution in [1.29, 1.82) is 0 Å². The van der Waals surface area contributed by atoms with Crippen molar-refractivity contribution in [3.05, 3.63) is 27.6 Å². The average Bonchev–Trinajstić information content (AvgIpc) is 2.07. The Morgan fingerprint density at radius 2 is 2.07 bits per heavy atom. The molecule has 0 spiro atoms. The van der Waals surface area contributed by atoms with Crippen molar-refractivity contribution in [1.82, 2.24) is 4.57 Å². The summed E-state index contributed by atoms with van der Waals surface area (Å²) in [5, 5.41) is -0.159. The van der Waals surface area contributed by atoms with Crippen LogP contribution in [0.4, 0.5) is 0 Å². The Hall–Kier alpha value is -0.520. The van der Waals surface area contributed by atoms with Crippen LogP contribution in [0.1, 0.15) is 6.92 Å². The van der Waals surface area contributed by atoms with E-state index in [2.05, 4.69) is 0 Å². The molecule has 0 fully saturated rings. The Labute approximate surface area is 90.5 Å². The van der Waals surface area contributed by atoms with Gasteiger partial charge in [-0.1, -0.05) is 11.6 Å². The summed E-state index contributed by atoms with van der Waals surface area (Å²) in [7, 11) is 1.26. The monoisotopic (exact) mass is 255 g/mol. The van der Waals surface area contributed by atoms with Crippen molar-refractivity contribution in [2.45, 2.75) is 18.4 Å². The van der Waals surface area contributed by atoms with Gasteiger partial charge in [-0.05, 0) is 13.0 Å². The molecule has 78 valence electrons. The Balaban J connectivity index is 3.54. The lowest BCUT2D eigenvalue weighted by Gasteiger charge is -2.04. The highest BCUT2D eigenvalue weighted by Crippen LogP contribution is 2.16. The van der Waals surface area contributed by atoms with Crippen LogP contribution in [-0.4, -0.2) is 13.0 Å². The fourth-order valence-corrected chi connectivity index (χ4v) is 2.00. The van der Waals surface area contributed by atoms with Gasteiger partial charge in [-0.3, -0.25) is 4.79 Å². The summed E-state index contributed by atoms with van der Waals surface area (Å²) in [6.07, 6.45) is 1.16. The fourth-order valence-electron chi connectivity index (χ4n) is 0.942. The maximum Gasteiger partial charge on any atom is 0.269 e. The first kappa shape index (κ1) is 11.6. The highest BCUT2D eigenvalue weighted by atomic mass is 35.7. The second-order valence-electron chi connectivity index (χ2n) is 2.55. The number of aryl methyl sites for hydroxylation is 1. The van der Waals surface area contributed by atoms with Crippen molar-refractivity contribution >= 4 is 31.3 Å². The number of rotatable bonds is 2. The predicted octanol–water partition coefficient (Wildman–Crippen LogP) is 1.45. The van der Waals surface area contributed by atoms with Crippen LogP contribution in [0.25, 0.3) is 0 Å². The van der Waals surface area contributed by atoms with E-state index in [0.29, 0.717) is 6.54 Å². The molecule has 7 heteroatoms. The molecule has 0 radical (unpaired) electrons. The van der Waals surface area contributed by atoms with Crippen molar-refractivity contribution in [3.8, 4) is 0 Å². The van der Waals surface area contributed by atoms with Crippen LogP contribution in [0.2, 0.25) is 5.02 Å². The van der Waals surface area contributed by atoms with Gasteiger partial charge in [0.05, 0.1) is 0 Å². The zero-order valence-electron chi connectivity index (χ0n) is 7.20. The van der Waals surface area contributed by atoms with Crippen LogP contribution in [0, 0.1) is 0 Å². The lowest BCUT2D eigenvalue weighted by molar-refractivity contribution is 0.606. The highest BCUT2D eigenvalue weighted by Gasteiger charge is 2.13. The fraction of sp³-hybridized carbons (Fsp3) is 0.286. The Kier molecular flexibility index (Phi) is 3.24. The van der Waals surface area contributed by atoms with Gasteiger partial charge in [0.1, 0.15) is 9.92 Å². The second-order valence-corrected chi connectivity index (χ2v) is 5.53. The quantitative estimate of drug-likeness (QED) is 0.752. The lowest BCUT2D eigenvalue weighted by atomic mass is 10.4. The molecule has 0 saturated carbocycles. The highest BCUT2D eigenvalue weighted by molar-refractivity contribution is 8.13. The molecule has 1 aromatic heterocycles. The van der Waals surface area contributed by atoms with E-state index >= 15 is 0 Å². The predicted molar refractivity (Wildman–Crippen MR) is 54.4 cm³/mol. The minimum atomic E-state index is -3.85. The summed E-state index contributed by atoms with van der Waals surface area (Å²) in [4.78, 5) is 11.1. The zero-order chi connectivity index (χ0) is 10.9. The summed E-state index contributed by atoms with van der Waals surface area (Å²) in [5.74, 6) is 0. The molecule has 0 unspecified atom stereocenters. The minimum Gasteiger partial charge on any atom is -0.313 e. The summed E-state index contributed by atoms with van der Waals surface area (Å²) in [6.45, 7) is 2.03. The number of hydrogen-bond donors (Lipinski definition) is 0. The van der Waals surface area contributed by atoms with Gasteiger partial charge in [0.15, 0.2) is 0 Å². The van der Waals surface area contributed by atoms with Crippen LogP contribution in [0.15, 0.2) is 22.0 Å². The van der Waals surface area contributed by atoms with Gasteiger partial charge in [0.25, 0.3) is 14.6 Å². The molecule has 0 aromatic carbocycles. The Morgan fingerprint density at radius 1 is 1.50 bits per heavy atom. The molecule has 0 aliphatic carbocycles. The van der Waals surface area contributed by atoms with E-state index < -0.39 is 14.6 Å². The molecule has 0 N–H and O–H groups in total. The van der Waals surface area contributed by atoms with Crippen LogP contribution < -0.4 is 5.56 Å². The number of pyridine rings is 1. The van der Waals surface area contributed by atoms with E-state index in [1.54, 1.807) is 6.92 Å². The SMILES string of the molecule is CCn1cc(S(=O)(=O)Cl)cc(Cl)c1=O. The van der Waals surface area contributed by atoms with Crippen LogP contribution in [0.5, 0.6) is 0 Å². The molecular formula is C7H7Cl2NO3S. The van der Waals surface area contributed by atoms with E-state index in [1.165, 1.54) is 4.57 Å². The molecule has 0 bridgehead atoms. The van der Waals surface area contributed by atoms with Crippen molar-refractivity contribution in [2.24, 2.45) is 0 Å². The molecule has 1 aromatic rings. The molecule has 1 rings (SSSR count). The van der Waals surface area contributed by atoms with E-state index in [-0.39, 0.29) is 9.92 Å². The first-order valence-electron chi connectivity index (χ1n) is 3.71. The molecule has 4 nitrogen and oxygen atoms in total. The van der Waals surface area contributed by atoms with Gasteiger partial charge in [-0.25, -0.2) is 8.42 Å². The minimum absolute atomic E-state index is 0.159. The van der Waals surface area contributed by atoms with Crippen molar-refractivity contribution < 1.29 is 8.42 Å². The molecule has 0 aliphatic rings. The first-order chi connectivity index (χ1) is 6.36.